The van der Waals surface area contributed by atoms with Crippen LogP contribution >= 0.6 is 0 Å². The minimum absolute atomic E-state index is 0.156. The molecule has 1 aliphatic heterocycles. The van der Waals surface area contributed by atoms with Crippen molar-refractivity contribution in [1.29, 1.82) is 0 Å². The van der Waals surface area contributed by atoms with Gasteiger partial charge in [0.25, 0.3) is 18.0 Å². The molecule has 0 saturated carbocycles. The summed E-state index contributed by atoms with van der Waals surface area (Å²) >= 11 is 0. The summed E-state index contributed by atoms with van der Waals surface area (Å²) in [6.07, 6.45) is -1.19. The standard InChI is InChI=1S/C8H12FN3O2/c1-2-4(10)3-5-11-7(13)6(9)8(14)12-5/h4,6H,2-3,10H2,1H3,(H,11,12,13,14). The molecule has 1 aliphatic rings. The molecule has 0 spiro atoms. The van der Waals surface area contributed by atoms with E-state index in [0.29, 0.717) is 6.42 Å². The molecule has 0 aromatic rings. The molecular weight excluding hydrogens is 189 g/mol. The summed E-state index contributed by atoms with van der Waals surface area (Å²) in [4.78, 5) is 25.1. The molecule has 3 N–H and O–H groups in total. The van der Waals surface area contributed by atoms with Crippen molar-refractivity contribution in [3.05, 3.63) is 0 Å². The molecule has 2 amide bonds. The Labute approximate surface area is 80.6 Å². The molecule has 0 aromatic heterocycles. The molecule has 0 radical (unpaired) electrons. The quantitative estimate of drug-likeness (QED) is 0.604. The van der Waals surface area contributed by atoms with Gasteiger partial charge in [0.1, 0.15) is 5.84 Å². The SMILES string of the molecule is CCC(N)CC1=NC(=O)C(F)C(=O)N1. The Balaban J connectivity index is 2.68. The van der Waals surface area contributed by atoms with Crippen LogP contribution in [0.15, 0.2) is 4.99 Å². The number of halogens is 1. The van der Waals surface area contributed by atoms with E-state index in [-0.39, 0.29) is 18.3 Å². The number of carbonyl (C=O) groups excluding carboxylic acids is 2. The molecule has 14 heavy (non-hydrogen) atoms. The number of aliphatic imine (C=N–C) groups is 1. The fourth-order valence-electron chi connectivity index (χ4n) is 1.02. The van der Waals surface area contributed by atoms with E-state index in [1.54, 1.807) is 0 Å². The van der Waals surface area contributed by atoms with E-state index < -0.39 is 18.0 Å². The van der Waals surface area contributed by atoms with Crippen LogP contribution in [-0.2, 0) is 9.59 Å². The zero-order valence-corrected chi connectivity index (χ0v) is 7.79. The lowest BCUT2D eigenvalue weighted by Crippen LogP contribution is -2.46. The molecule has 0 saturated heterocycles. The summed E-state index contributed by atoms with van der Waals surface area (Å²) in [5.74, 6) is -1.85. The first-order chi connectivity index (χ1) is 6.54. The monoisotopic (exact) mass is 201 g/mol. The molecule has 78 valence electrons. The number of nitrogens with one attached hydrogen (secondary N) is 1. The Bertz CT molecular complexity index is 290. The van der Waals surface area contributed by atoms with Crippen molar-refractivity contribution in [2.24, 2.45) is 10.7 Å². The van der Waals surface area contributed by atoms with Gasteiger partial charge < -0.3 is 11.1 Å². The van der Waals surface area contributed by atoms with Gasteiger partial charge in [0.05, 0.1) is 0 Å². The van der Waals surface area contributed by atoms with Crippen LogP contribution in [0.3, 0.4) is 0 Å². The maximum atomic E-state index is 12.7. The van der Waals surface area contributed by atoms with Crippen molar-refractivity contribution in [2.75, 3.05) is 0 Å². The van der Waals surface area contributed by atoms with Crippen molar-refractivity contribution >= 4 is 17.6 Å². The highest BCUT2D eigenvalue weighted by molar-refractivity contribution is 6.17. The van der Waals surface area contributed by atoms with E-state index in [9.17, 15) is 14.0 Å². The Morgan fingerprint density at radius 1 is 1.64 bits per heavy atom. The van der Waals surface area contributed by atoms with E-state index in [4.69, 9.17) is 5.73 Å². The summed E-state index contributed by atoms with van der Waals surface area (Å²) < 4.78 is 12.7. The topological polar surface area (TPSA) is 84.5 Å². The molecule has 1 heterocycles. The highest BCUT2D eigenvalue weighted by Gasteiger charge is 2.31. The number of hydrogen-bond donors (Lipinski definition) is 2. The number of carbonyl (C=O) groups is 2. The van der Waals surface area contributed by atoms with Crippen molar-refractivity contribution in [3.63, 3.8) is 0 Å². The fraction of sp³-hybridized carbons (Fsp3) is 0.625. The molecule has 0 bridgehead atoms. The molecule has 0 fully saturated rings. The van der Waals surface area contributed by atoms with Crippen LogP contribution < -0.4 is 11.1 Å². The van der Waals surface area contributed by atoms with Crippen LogP contribution in [0.2, 0.25) is 0 Å². The van der Waals surface area contributed by atoms with E-state index >= 15 is 0 Å². The third-order valence-electron chi connectivity index (χ3n) is 1.94. The van der Waals surface area contributed by atoms with Gasteiger partial charge in [0, 0.05) is 12.5 Å². The molecule has 2 unspecified atom stereocenters. The maximum absolute atomic E-state index is 12.7. The van der Waals surface area contributed by atoms with Crippen LogP contribution in [0, 0.1) is 0 Å². The normalized spacial score (nSPS) is 24.2. The van der Waals surface area contributed by atoms with Crippen LogP contribution in [0.1, 0.15) is 19.8 Å². The van der Waals surface area contributed by atoms with Crippen LogP contribution in [0.5, 0.6) is 0 Å². The molecule has 1 rings (SSSR count). The molecular formula is C8H12FN3O2. The van der Waals surface area contributed by atoms with Crippen molar-refractivity contribution in [2.45, 2.75) is 32.0 Å². The highest BCUT2D eigenvalue weighted by atomic mass is 19.1. The van der Waals surface area contributed by atoms with Gasteiger partial charge in [-0.3, -0.25) is 9.59 Å². The summed E-state index contributed by atoms with van der Waals surface area (Å²) in [7, 11) is 0. The van der Waals surface area contributed by atoms with E-state index in [1.807, 2.05) is 6.92 Å². The summed E-state index contributed by atoms with van der Waals surface area (Å²) in [5, 5.41) is 2.20. The van der Waals surface area contributed by atoms with Crippen LogP contribution in [-0.4, -0.2) is 29.9 Å². The van der Waals surface area contributed by atoms with Crippen LogP contribution in [0.25, 0.3) is 0 Å². The number of nitrogens with two attached hydrogens (primary N) is 1. The Hall–Kier alpha value is -1.30. The van der Waals surface area contributed by atoms with E-state index in [0.717, 1.165) is 0 Å². The van der Waals surface area contributed by atoms with Gasteiger partial charge in [-0.25, -0.2) is 4.39 Å². The van der Waals surface area contributed by atoms with Crippen molar-refractivity contribution in [3.8, 4) is 0 Å². The fourth-order valence-corrected chi connectivity index (χ4v) is 1.02. The summed E-state index contributed by atoms with van der Waals surface area (Å²) in [6.45, 7) is 1.87. The lowest BCUT2D eigenvalue weighted by atomic mass is 10.1. The van der Waals surface area contributed by atoms with Gasteiger partial charge in [-0.05, 0) is 6.42 Å². The minimum atomic E-state index is -2.17. The number of alkyl halides is 1. The first-order valence-corrected chi connectivity index (χ1v) is 4.36. The molecule has 2 atom stereocenters. The highest BCUT2D eigenvalue weighted by Crippen LogP contribution is 2.04. The third kappa shape index (κ3) is 2.35. The molecule has 6 heteroatoms. The third-order valence-corrected chi connectivity index (χ3v) is 1.94. The smallest absolute Gasteiger partial charge is 0.291 e. The number of rotatable bonds is 3. The van der Waals surface area contributed by atoms with Gasteiger partial charge in [0.2, 0.25) is 0 Å². The Morgan fingerprint density at radius 2 is 2.29 bits per heavy atom. The zero-order valence-electron chi connectivity index (χ0n) is 7.79. The predicted molar refractivity (Wildman–Crippen MR) is 48.4 cm³/mol. The lowest BCUT2D eigenvalue weighted by molar-refractivity contribution is -0.134. The van der Waals surface area contributed by atoms with Gasteiger partial charge in [-0.1, -0.05) is 6.92 Å². The Kier molecular flexibility index (Phi) is 3.29. The van der Waals surface area contributed by atoms with Crippen molar-refractivity contribution in [1.82, 2.24) is 5.32 Å². The van der Waals surface area contributed by atoms with E-state index in [1.165, 1.54) is 0 Å². The second-order valence-corrected chi connectivity index (χ2v) is 3.12. The van der Waals surface area contributed by atoms with Crippen molar-refractivity contribution < 1.29 is 14.0 Å². The number of amidine groups is 1. The molecule has 0 aromatic carbocycles. The molecule has 0 aliphatic carbocycles. The van der Waals surface area contributed by atoms with Crippen LogP contribution in [0.4, 0.5) is 4.39 Å². The second kappa shape index (κ2) is 4.28. The minimum Gasteiger partial charge on any atom is -0.327 e. The van der Waals surface area contributed by atoms with Gasteiger partial charge in [-0.2, -0.15) is 4.99 Å². The van der Waals surface area contributed by atoms with Gasteiger partial charge in [0.15, 0.2) is 0 Å². The largest absolute Gasteiger partial charge is 0.327 e. The first kappa shape index (κ1) is 10.8. The second-order valence-electron chi connectivity index (χ2n) is 3.12. The number of hydrogen-bond acceptors (Lipinski definition) is 3. The number of nitrogens with zero attached hydrogens (tertiary/aromatic N) is 1. The average Bonchev–Trinajstić information content (AvgIpc) is 2.14. The first-order valence-electron chi connectivity index (χ1n) is 4.36. The van der Waals surface area contributed by atoms with E-state index in [2.05, 4.69) is 10.3 Å². The number of amides is 2. The maximum Gasteiger partial charge on any atom is 0.291 e. The van der Waals surface area contributed by atoms with Gasteiger partial charge in [-0.15, -0.1) is 0 Å². The average molecular weight is 201 g/mol. The summed E-state index contributed by atoms with van der Waals surface area (Å²) in [5.41, 5.74) is 5.59. The summed E-state index contributed by atoms with van der Waals surface area (Å²) in [6, 6.07) is -0.182. The predicted octanol–water partition coefficient (Wildman–Crippen LogP) is -0.493. The Morgan fingerprint density at radius 3 is 2.79 bits per heavy atom. The van der Waals surface area contributed by atoms with Gasteiger partial charge >= 0.3 is 0 Å². The molecule has 5 nitrogen and oxygen atoms in total. The zero-order chi connectivity index (χ0) is 10.7. The lowest BCUT2D eigenvalue weighted by Gasteiger charge is -2.17.